The molecule has 0 bridgehead atoms. The van der Waals surface area contributed by atoms with Crippen LogP contribution in [0.5, 0.6) is 17.2 Å². The Labute approximate surface area is 173 Å². The quantitative estimate of drug-likeness (QED) is 0.603. The van der Waals surface area contributed by atoms with E-state index in [2.05, 4.69) is 10.3 Å². The molecule has 1 atom stereocenters. The Morgan fingerprint density at radius 2 is 2.14 bits per heavy atom. The zero-order valence-corrected chi connectivity index (χ0v) is 16.7. The molecule has 3 aromatic rings. The number of benzene rings is 2. The summed E-state index contributed by atoms with van der Waals surface area (Å²) in [6, 6.07) is 15.2. The molecule has 7 nitrogen and oxygen atoms in total. The average Bonchev–Trinajstić information content (AvgIpc) is 3.25. The van der Waals surface area contributed by atoms with Crippen molar-refractivity contribution in [3.05, 3.63) is 60.9 Å². The first-order valence-electron chi connectivity index (χ1n) is 9.18. The Kier molecular flexibility index (Phi) is 5.90. The summed E-state index contributed by atoms with van der Waals surface area (Å²) in [5.74, 6) is 2.37. The largest absolute Gasteiger partial charge is 0.497 e. The molecule has 2 heterocycles. The van der Waals surface area contributed by atoms with Gasteiger partial charge in [-0.1, -0.05) is 30.0 Å². The number of hydrogen-bond acceptors (Lipinski definition) is 6. The summed E-state index contributed by atoms with van der Waals surface area (Å²) in [4.78, 5) is 16.6. The first kappa shape index (κ1) is 19.2. The van der Waals surface area contributed by atoms with E-state index in [1.165, 1.54) is 11.8 Å². The third-order valence-corrected chi connectivity index (χ3v) is 5.33. The molecule has 4 rings (SSSR count). The minimum Gasteiger partial charge on any atom is -0.497 e. The van der Waals surface area contributed by atoms with Gasteiger partial charge in [-0.15, -0.1) is 0 Å². The van der Waals surface area contributed by atoms with Gasteiger partial charge in [0.2, 0.25) is 5.91 Å². The van der Waals surface area contributed by atoms with Crippen LogP contribution in [0.2, 0.25) is 0 Å². The lowest BCUT2D eigenvalue weighted by Gasteiger charge is -2.26. The second-order valence-electron chi connectivity index (χ2n) is 6.37. The molecule has 0 radical (unpaired) electrons. The Hall–Kier alpha value is -3.13. The summed E-state index contributed by atoms with van der Waals surface area (Å²) >= 11 is 1.37. The zero-order chi connectivity index (χ0) is 20.1. The van der Waals surface area contributed by atoms with Gasteiger partial charge in [0.15, 0.2) is 16.7 Å². The first-order valence-corrected chi connectivity index (χ1v) is 10.2. The molecular formula is C21H21N3O4S. The molecule has 1 aliphatic rings. The third kappa shape index (κ3) is 4.65. The molecule has 8 heteroatoms. The molecule has 150 valence electrons. The van der Waals surface area contributed by atoms with E-state index in [1.807, 2.05) is 59.3 Å². The van der Waals surface area contributed by atoms with E-state index in [0.717, 1.165) is 22.3 Å². The number of amides is 1. The number of methoxy groups -OCH3 is 1. The van der Waals surface area contributed by atoms with E-state index in [0.29, 0.717) is 18.9 Å². The standard InChI is InChI=1S/C21H21N3O4S/c1-26-16-6-4-5-15(11-16)24-10-9-22-21(24)29-14-20(25)23-12-17-13-27-18-7-2-3-8-19(18)28-17/h2-11,17H,12-14H2,1H3,(H,23,25). The van der Waals surface area contributed by atoms with Crippen molar-refractivity contribution < 1.29 is 19.0 Å². The van der Waals surface area contributed by atoms with Gasteiger partial charge in [-0.2, -0.15) is 0 Å². The maximum Gasteiger partial charge on any atom is 0.230 e. The molecule has 0 saturated heterocycles. The van der Waals surface area contributed by atoms with Crippen LogP contribution in [0.15, 0.2) is 66.1 Å². The van der Waals surface area contributed by atoms with E-state index >= 15 is 0 Å². The Morgan fingerprint density at radius 3 is 3.00 bits per heavy atom. The highest BCUT2D eigenvalue weighted by atomic mass is 32.2. The van der Waals surface area contributed by atoms with Crippen molar-refractivity contribution in [2.24, 2.45) is 0 Å². The van der Waals surface area contributed by atoms with E-state index in [9.17, 15) is 4.79 Å². The number of para-hydroxylation sites is 2. The van der Waals surface area contributed by atoms with Crippen molar-refractivity contribution in [1.82, 2.24) is 14.9 Å². The fourth-order valence-electron chi connectivity index (χ4n) is 2.93. The predicted molar refractivity (Wildman–Crippen MR) is 110 cm³/mol. The van der Waals surface area contributed by atoms with Gasteiger partial charge in [-0.25, -0.2) is 4.98 Å². The van der Waals surface area contributed by atoms with Gasteiger partial charge in [0.25, 0.3) is 0 Å². The van der Waals surface area contributed by atoms with Crippen LogP contribution in [0.1, 0.15) is 0 Å². The van der Waals surface area contributed by atoms with E-state index in [4.69, 9.17) is 14.2 Å². The summed E-state index contributed by atoms with van der Waals surface area (Å²) in [6.07, 6.45) is 3.36. The molecule has 1 aliphatic heterocycles. The number of ether oxygens (including phenoxy) is 3. The predicted octanol–water partition coefficient (Wildman–Crippen LogP) is 2.93. The highest BCUT2D eigenvalue weighted by Crippen LogP contribution is 2.30. The lowest BCUT2D eigenvalue weighted by molar-refractivity contribution is -0.119. The van der Waals surface area contributed by atoms with Crippen molar-refractivity contribution in [3.8, 4) is 22.9 Å². The van der Waals surface area contributed by atoms with Gasteiger partial charge >= 0.3 is 0 Å². The number of imidazole rings is 1. The SMILES string of the molecule is COc1cccc(-n2ccnc2SCC(=O)NCC2COc3ccccc3O2)c1. The number of aromatic nitrogens is 2. The number of carbonyl (C=O) groups excluding carboxylic acids is 1. The number of hydrogen-bond donors (Lipinski definition) is 1. The van der Waals surface area contributed by atoms with Crippen LogP contribution in [0.3, 0.4) is 0 Å². The van der Waals surface area contributed by atoms with Gasteiger partial charge < -0.3 is 19.5 Å². The van der Waals surface area contributed by atoms with Crippen molar-refractivity contribution in [2.45, 2.75) is 11.3 Å². The zero-order valence-electron chi connectivity index (χ0n) is 15.9. The molecule has 1 amide bonds. The summed E-state index contributed by atoms with van der Waals surface area (Å²) in [7, 11) is 1.63. The topological polar surface area (TPSA) is 74.6 Å². The molecule has 0 aliphatic carbocycles. The van der Waals surface area contributed by atoms with Crippen molar-refractivity contribution in [2.75, 3.05) is 26.0 Å². The minimum atomic E-state index is -0.211. The lowest BCUT2D eigenvalue weighted by Crippen LogP contribution is -2.41. The summed E-state index contributed by atoms with van der Waals surface area (Å²) in [5, 5.41) is 3.64. The molecule has 2 aromatic carbocycles. The third-order valence-electron chi connectivity index (χ3n) is 4.37. The van der Waals surface area contributed by atoms with Gasteiger partial charge in [0.05, 0.1) is 25.1 Å². The van der Waals surface area contributed by atoms with Crippen molar-refractivity contribution in [3.63, 3.8) is 0 Å². The Morgan fingerprint density at radius 1 is 1.28 bits per heavy atom. The Bertz CT molecular complexity index is 991. The van der Waals surface area contributed by atoms with Crippen molar-refractivity contribution in [1.29, 1.82) is 0 Å². The lowest BCUT2D eigenvalue weighted by atomic mass is 10.2. The number of rotatable bonds is 7. The Balaban J connectivity index is 1.29. The molecule has 1 aromatic heterocycles. The van der Waals surface area contributed by atoms with Gasteiger partial charge in [-0.05, 0) is 24.3 Å². The fraction of sp³-hybridized carbons (Fsp3) is 0.238. The number of nitrogens with one attached hydrogen (secondary N) is 1. The molecule has 29 heavy (non-hydrogen) atoms. The second kappa shape index (κ2) is 8.91. The van der Waals surface area contributed by atoms with Gasteiger partial charge in [0, 0.05) is 18.5 Å². The van der Waals surface area contributed by atoms with E-state index < -0.39 is 0 Å². The average molecular weight is 411 g/mol. The highest BCUT2D eigenvalue weighted by molar-refractivity contribution is 7.99. The summed E-state index contributed by atoms with van der Waals surface area (Å²) in [6.45, 7) is 0.794. The van der Waals surface area contributed by atoms with E-state index in [-0.39, 0.29) is 17.8 Å². The number of fused-ring (bicyclic) bond motifs is 1. The normalized spacial score (nSPS) is 15.0. The molecule has 1 N–H and O–H groups in total. The smallest absolute Gasteiger partial charge is 0.230 e. The maximum atomic E-state index is 12.3. The molecule has 1 unspecified atom stereocenters. The van der Waals surface area contributed by atoms with Crippen LogP contribution in [0, 0.1) is 0 Å². The molecule has 0 fully saturated rings. The first-order chi connectivity index (χ1) is 14.2. The monoisotopic (exact) mass is 411 g/mol. The van der Waals surface area contributed by atoms with Crippen molar-refractivity contribution >= 4 is 17.7 Å². The fourth-order valence-corrected chi connectivity index (χ4v) is 3.73. The second-order valence-corrected chi connectivity index (χ2v) is 7.31. The molecule has 0 saturated carbocycles. The number of carbonyl (C=O) groups is 1. The van der Waals surface area contributed by atoms with Crippen LogP contribution in [-0.2, 0) is 4.79 Å². The minimum absolute atomic E-state index is 0.0855. The summed E-state index contributed by atoms with van der Waals surface area (Å²) in [5.41, 5.74) is 0.927. The molecule has 0 spiro atoms. The van der Waals surface area contributed by atoms with Crippen LogP contribution < -0.4 is 19.5 Å². The molecular weight excluding hydrogens is 390 g/mol. The summed E-state index contributed by atoms with van der Waals surface area (Å²) < 4.78 is 18.7. The number of nitrogens with zero attached hydrogens (tertiary/aromatic N) is 2. The highest BCUT2D eigenvalue weighted by Gasteiger charge is 2.21. The van der Waals surface area contributed by atoms with Crippen LogP contribution >= 0.6 is 11.8 Å². The van der Waals surface area contributed by atoms with Crippen LogP contribution in [-0.4, -0.2) is 47.6 Å². The number of thioether (sulfide) groups is 1. The van der Waals surface area contributed by atoms with Crippen LogP contribution in [0.25, 0.3) is 5.69 Å². The van der Waals surface area contributed by atoms with Crippen LogP contribution in [0.4, 0.5) is 0 Å². The van der Waals surface area contributed by atoms with Gasteiger partial charge in [0.1, 0.15) is 18.5 Å². The van der Waals surface area contributed by atoms with E-state index in [1.54, 1.807) is 13.3 Å². The van der Waals surface area contributed by atoms with Gasteiger partial charge in [-0.3, -0.25) is 9.36 Å². The maximum absolute atomic E-state index is 12.3.